The van der Waals surface area contributed by atoms with Crippen LogP contribution in [0.15, 0.2) is 0 Å². The zero-order chi connectivity index (χ0) is 13.8. The minimum Gasteiger partial charge on any atom is -0.379 e. The smallest absolute Gasteiger partial charge is 0.232 e. The molecule has 0 aliphatic carbocycles. The Bertz CT molecular complexity index is 279. The Labute approximate surface area is 111 Å². The molecule has 0 radical (unpaired) electrons. The molecule has 106 valence electrons. The van der Waals surface area contributed by atoms with Crippen LogP contribution in [0.25, 0.3) is 0 Å². The van der Waals surface area contributed by atoms with Gasteiger partial charge in [-0.25, -0.2) is 0 Å². The number of hydrogen-bond donors (Lipinski definition) is 1. The Morgan fingerprint density at radius 1 is 1.44 bits per heavy atom. The topological polar surface area (TPSA) is 55.6 Å². The van der Waals surface area contributed by atoms with Crippen molar-refractivity contribution in [2.24, 2.45) is 17.1 Å². The van der Waals surface area contributed by atoms with Crippen LogP contribution in [-0.2, 0) is 9.53 Å². The molecule has 1 amide bonds. The van der Waals surface area contributed by atoms with Crippen LogP contribution in [0.5, 0.6) is 0 Å². The average Bonchev–Trinajstić information content (AvgIpc) is 2.72. The zero-order valence-corrected chi connectivity index (χ0v) is 12.2. The molecule has 2 atom stereocenters. The molecule has 0 bridgehead atoms. The van der Waals surface area contributed by atoms with Crippen molar-refractivity contribution in [3.05, 3.63) is 0 Å². The lowest BCUT2D eigenvalue weighted by Gasteiger charge is -2.34. The quantitative estimate of drug-likeness (QED) is 0.786. The predicted octanol–water partition coefficient (Wildman–Crippen LogP) is 1.63. The van der Waals surface area contributed by atoms with Gasteiger partial charge in [-0.05, 0) is 19.8 Å². The fraction of sp³-hybridized carbons (Fsp3) is 0.929. The molecule has 1 aliphatic heterocycles. The summed E-state index contributed by atoms with van der Waals surface area (Å²) in [7, 11) is 0. The molecule has 1 aliphatic rings. The van der Waals surface area contributed by atoms with Gasteiger partial charge in [-0.3, -0.25) is 4.79 Å². The monoisotopic (exact) mass is 256 g/mol. The van der Waals surface area contributed by atoms with E-state index in [4.69, 9.17) is 10.5 Å². The number of rotatable bonds is 6. The third-order valence-electron chi connectivity index (χ3n) is 4.31. The molecule has 18 heavy (non-hydrogen) atoms. The fourth-order valence-electron chi connectivity index (χ4n) is 2.48. The maximum atomic E-state index is 12.6. The lowest BCUT2D eigenvalue weighted by atomic mass is 9.84. The fourth-order valence-corrected chi connectivity index (χ4v) is 2.48. The molecule has 4 nitrogen and oxygen atoms in total. The second kappa shape index (κ2) is 6.53. The molecule has 1 rings (SSSR count). The average molecular weight is 256 g/mol. The normalized spacial score (nSPS) is 27.8. The van der Waals surface area contributed by atoms with Crippen molar-refractivity contribution in [1.29, 1.82) is 0 Å². The van der Waals surface area contributed by atoms with Crippen molar-refractivity contribution in [3.63, 3.8) is 0 Å². The summed E-state index contributed by atoms with van der Waals surface area (Å²) in [5.41, 5.74) is 5.49. The third-order valence-corrected chi connectivity index (χ3v) is 4.31. The molecular formula is C14H28N2O2. The number of ether oxygens (including phenoxy) is 1. The van der Waals surface area contributed by atoms with Crippen molar-refractivity contribution >= 4 is 5.91 Å². The highest BCUT2D eigenvalue weighted by Crippen LogP contribution is 2.30. The van der Waals surface area contributed by atoms with Gasteiger partial charge in [0.05, 0.1) is 18.6 Å². The Kier molecular flexibility index (Phi) is 5.60. The summed E-state index contributed by atoms with van der Waals surface area (Å²) in [5, 5.41) is 0. The highest BCUT2D eigenvalue weighted by Gasteiger charge is 2.46. The lowest BCUT2D eigenvalue weighted by molar-refractivity contribution is -0.142. The van der Waals surface area contributed by atoms with Crippen LogP contribution in [0.2, 0.25) is 0 Å². The summed E-state index contributed by atoms with van der Waals surface area (Å²) >= 11 is 0. The van der Waals surface area contributed by atoms with Crippen LogP contribution in [0.4, 0.5) is 0 Å². The molecular weight excluding hydrogens is 228 g/mol. The van der Waals surface area contributed by atoms with Crippen molar-refractivity contribution in [2.75, 3.05) is 26.3 Å². The number of nitrogens with two attached hydrogens (primary N) is 1. The molecule has 0 saturated carbocycles. The molecule has 1 heterocycles. The van der Waals surface area contributed by atoms with Gasteiger partial charge in [0.25, 0.3) is 0 Å². The first-order valence-electron chi connectivity index (χ1n) is 7.12. The minimum atomic E-state index is -0.540. The highest BCUT2D eigenvalue weighted by atomic mass is 16.5. The van der Waals surface area contributed by atoms with Gasteiger partial charge in [-0.2, -0.15) is 0 Å². The second-order valence-corrected chi connectivity index (χ2v) is 5.57. The Hall–Kier alpha value is -0.610. The van der Waals surface area contributed by atoms with Gasteiger partial charge in [0.1, 0.15) is 0 Å². The van der Waals surface area contributed by atoms with E-state index < -0.39 is 5.41 Å². The molecule has 1 fully saturated rings. The van der Waals surface area contributed by atoms with E-state index in [2.05, 4.69) is 13.8 Å². The standard InChI is InChI=1S/C14H28N2O2/c1-5-11(6-2)8-16(7-3)13(17)14(4)10-18-9-12(14)15/h11-12H,5-10,15H2,1-4H3. The van der Waals surface area contributed by atoms with Crippen molar-refractivity contribution < 1.29 is 9.53 Å². The van der Waals surface area contributed by atoms with Gasteiger partial charge in [-0.1, -0.05) is 26.7 Å². The van der Waals surface area contributed by atoms with E-state index in [-0.39, 0.29) is 11.9 Å². The van der Waals surface area contributed by atoms with E-state index in [0.29, 0.717) is 19.1 Å². The summed E-state index contributed by atoms with van der Waals surface area (Å²) < 4.78 is 5.37. The number of carbonyl (C=O) groups excluding carboxylic acids is 1. The van der Waals surface area contributed by atoms with Crippen molar-refractivity contribution in [1.82, 2.24) is 4.90 Å². The van der Waals surface area contributed by atoms with Crippen LogP contribution in [-0.4, -0.2) is 43.2 Å². The lowest BCUT2D eigenvalue weighted by Crippen LogP contribution is -2.52. The van der Waals surface area contributed by atoms with Crippen molar-refractivity contribution in [3.8, 4) is 0 Å². The first-order valence-corrected chi connectivity index (χ1v) is 7.12. The summed E-state index contributed by atoms with van der Waals surface area (Å²) in [6.07, 6.45) is 2.22. The molecule has 0 spiro atoms. The van der Waals surface area contributed by atoms with Gasteiger partial charge in [0.15, 0.2) is 0 Å². The Balaban J connectivity index is 2.72. The van der Waals surface area contributed by atoms with E-state index in [0.717, 1.165) is 25.9 Å². The third kappa shape index (κ3) is 3.04. The van der Waals surface area contributed by atoms with Crippen LogP contribution in [0.3, 0.4) is 0 Å². The zero-order valence-electron chi connectivity index (χ0n) is 12.2. The molecule has 0 aromatic carbocycles. The molecule has 0 aromatic rings. The van der Waals surface area contributed by atoms with E-state index in [9.17, 15) is 4.79 Å². The second-order valence-electron chi connectivity index (χ2n) is 5.57. The van der Waals surface area contributed by atoms with Gasteiger partial charge in [-0.15, -0.1) is 0 Å². The summed E-state index contributed by atoms with van der Waals surface area (Å²) in [5.74, 6) is 0.734. The molecule has 2 N–H and O–H groups in total. The van der Waals surface area contributed by atoms with Crippen LogP contribution >= 0.6 is 0 Å². The van der Waals surface area contributed by atoms with Gasteiger partial charge < -0.3 is 15.4 Å². The van der Waals surface area contributed by atoms with E-state index >= 15 is 0 Å². The number of carbonyl (C=O) groups is 1. The van der Waals surface area contributed by atoms with Gasteiger partial charge in [0.2, 0.25) is 5.91 Å². The Morgan fingerprint density at radius 2 is 2.06 bits per heavy atom. The minimum absolute atomic E-state index is 0.155. The molecule has 4 heteroatoms. The SMILES string of the molecule is CCC(CC)CN(CC)C(=O)C1(C)COCC1N. The van der Waals surface area contributed by atoms with Gasteiger partial charge >= 0.3 is 0 Å². The number of hydrogen-bond acceptors (Lipinski definition) is 3. The number of nitrogens with zero attached hydrogens (tertiary/aromatic N) is 1. The maximum absolute atomic E-state index is 12.6. The first kappa shape index (κ1) is 15.4. The summed E-state index contributed by atoms with van der Waals surface area (Å²) in [6.45, 7) is 10.9. The van der Waals surface area contributed by atoms with Gasteiger partial charge in [0, 0.05) is 19.1 Å². The largest absolute Gasteiger partial charge is 0.379 e. The Morgan fingerprint density at radius 3 is 2.44 bits per heavy atom. The van der Waals surface area contributed by atoms with E-state index in [1.54, 1.807) is 0 Å². The van der Waals surface area contributed by atoms with Crippen LogP contribution in [0.1, 0.15) is 40.5 Å². The molecule has 2 unspecified atom stereocenters. The highest BCUT2D eigenvalue weighted by molar-refractivity contribution is 5.83. The first-order chi connectivity index (χ1) is 8.49. The van der Waals surface area contributed by atoms with Crippen molar-refractivity contribution in [2.45, 2.75) is 46.6 Å². The maximum Gasteiger partial charge on any atom is 0.232 e. The number of amides is 1. The van der Waals surface area contributed by atoms with E-state index in [1.807, 2.05) is 18.7 Å². The summed E-state index contributed by atoms with van der Waals surface area (Å²) in [4.78, 5) is 14.6. The summed E-state index contributed by atoms with van der Waals surface area (Å²) in [6, 6.07) is -0.180. The molecule has 0 aromatic heterocycles. The van der Waals surface area contributed by atoms with Crippen LogP contribution in [0, 0.1) is 11.3 Å². The predicted molar refractivity (Wildman–Crippen MR) is 73.2 cm³/mol. The molecule has 1 saturated heterocycles. The van der Waals surface area contributed by atoms with Crippen LogP contribution < -0.4 is 5.73 Å². The van der Waals surface area contributed by atoms with E-state index in [1.165, 1.54) is 0 Å².